The lowest BCUT2D eigenvalue weighted by atomic mass is 9.96. The number of aryl methyl sites for hydroxylation is 1. The minimum Gasteiger partial charge on any atom is -0.478 e. The number of Topliss-reactive ketones (excluding diaryl/α,β-unsaturated/α-hetero) is 1. The topological polar surface area (TPSA) is 72.2 Å². The van der Waals surface area contributed by atoms with Crippen LogP contribution in [0.4, 0.5) is 13.2 Å². The molecule has 9 heteroatoms. The highest BCUT2D eigenvalue weighted by Gasteiger charge is 2.41. The van der Waals surface area contributed by atoms with Gasteiger partial charge in [-0.05, 0) is 18.2 Å². The van der Waals surface area contributed by atoms with Crippen LogP contribution in [0.1, 0.15) is 33.5 Å². The van der Waals surface area contributed by atoms with Crippen molar-refractivity contribution in [1.82, 2.24) is 9.78 Å². The van der Waals surface area contributed by atoms with Gasteiger partial charge in [-0.2, -0.15) is 18.3 Å². The summed E-state index contributed by atoms with van der Waals surface area (Å²) in [5, 5.41) is 12.6. The highest BCUT2D eigenvalue weighted by Crippen LogP contribution is 2.40. The monoisotopic (exact) mass is 346 g/mol. The third-order valence-corrected chi connectivity index (χ3v) is 3.37. The van der Waals surface area contributed by atoms with E-state index in [1.165, 1.54) is 13.1 Å². The van der Waals surface area contributed by atoms with E-state index in [1.54, 1.807) is 0 Å². The SMILES string of the molecule is CC(=O)c1c(-c2cc(Cl)ccc2C(=O)O)c(C(F)(F)F)nn1C. The number of carboxylic acid groups (broad SMARTS) is 1. The number of alkyl halides is 3. The number of carboxylic acids is 1. The number of benzene rings is 1. The third kappa shape index (κ3) is 3.07. The van der Waals surface area contributed by atoms with Crippen LogP contribution in [0.15, 0.2) is 18.2 Å². The molecule has 1 aromatic carbocycles. The van der Waals surface area contributed by atoms with Gasteiger partial charge in [-0.1, -0.05) is 11.6 Å². The predicted octanol–water partition coefficient (Wildman–Crippen LogP) is 3.66. The van der Waals surface area contributed by atoms with E-state index in [1.807, 2.05) is 0 Å². The Hall–Kier alpha value is -2.35. The molecule has 0 aliphatic rings. The molecular weight excluding hydrogens is 337 g/mol. The van der Waals surface area contributed by atoms with Gasteiger partial charge >= 0.3 is 12.1 Å². The predicted molar refractivity (Wildman–Crippen MR) is 75.6 cm³/mol. The number of aromatic carboxylic acids is 1. The zero-order valence-corrected chi connectivity index (χ0v) is 12.7. The zero-order valence-electron chi connectivity index (χ0n) is 11.9. The molecule has 2 rings (SSSR count). The number of rotatable bonds is 3. The number of carbonyl (C=O) groups excluding carboxylic acids is 1. The first-order valence-electron chi connectivity index (χ1n) is 6.22. The Morgan fingerprint density at radius 1 is 1.30 bits per heavy atom. The van der Waals surface area contributed by atoms with E-state index in [2.05, 4.69) is 5.10 Å². The highest BCUT2D eigenvalue weighted by molar-refractivity contribution is 6.31. The molecule has 0 unspecified atom stereocenters. The fraction of sp³-hybridized carbons (Fsp3) is 0.214. The summed E-state index contributed by atoms with van der Waals surface area (Å²) in [6, 6.07) is 3.40. The molecular formula is C14H10ClF3N2O3. The first kappa shape index (κ1) is 17.0. The van der Waals surface area contributed by atoms with Gasteiger partial charge in [0.05, 0.1) is 5.56 Å². The van der Waals surface area contributed by atoms with Crippen LogP contribution in [0.3, 0.4) is 0 Å². The van der Waals surface area contributed by atoms with Crippen molar-refractivity contribution in [3.63, 3.8) is 0 Å². The average molecular weight is 347 g/mol. The summed E-state index contributed by atoms with van der Waals surface area (Å²) in [7, 11) is 1.18. The normalized spacial score (nSPS) is 11.6. The molecule has 0 spiro atoms. The molecule has 0 aliphatic carbocycles. The minimum absolute atomic E-state index is 0.0384. The van der Waals surface area contributed by atoms with Crippen molar-refractivity contribution < 1.29 is 27.9 Å². The molecule has 0 amide bonds. The van der Waals surface area contributed by atoms with Gasteiger partial charge in [-0.25, -0.2) is 4.79 Å². The molecule has 0 aliphatic heterocycles. The maximum Gasteiger partial charge on any atom is 0.435 e. The molecule has 2 aromatic rings. The van der Waals surface area contributed by atoms with Crippen molar-refractivity contribution in [3.8, 4) is 11.1 Å². The number of ketones is 1. The molecule has 1 heterocycles. The fourth-order valence-corrected chi connectivity index (χ4v) is 2.46. The van der Waals surface area contributed by atoms with Crippen LogP contribution in [-0.4, -0.2) is 26.6 Å². The van der Waals surface area contributed by atoms with Crippen LogP contribution >= 0.6 is 11.6 Å². The molecule has 0 fully saturated rings. The van der Waals surface area contributed by atoms with E-state index >= 15 is 0 Å². The molecule has 0 saturated carbocycles. The maximum atomic E-state index is 13.3. The molecule has 122 valence electrons. The Balaban J connectivity index is 2.95. The minimum atomic E-state index is -4.86. The molecule has 0 saturated heterocycles. The summed E-state index contributed by atoms with van der Waals surface area (Å²) < 4.78 is 40.6. The summed E-state index contributed by atoms with van der Waals surface area (Å²) in [6.45, 7) is 1.08. The van der Waals surface area contributed by atoms with E-state index in [-0.39, 0.29) is 16.3 Å². The summed E-state index contributed by atoms with van der Waals surface area (Å²) >= 11 is 5.79. The van der Waals surface area contributed by atoms with Crippen LogP contribution < -0.4 is 0 Å². The van der Waals surface area contributed by atoms with E-state index in [0.717, 1.165) is 23.7 Å². The standard InChI is InChI=1S/C14H10ClF3N2O3/c1-6(21)11-10(12(14(16,17)18)19-20(11)2)9-5-7(15)3-4-8(9)13(22)23/h3-5H,1-2H3,(H,22,23). The summed E-state index contributed by atoms with van der Waals surface area (Å²) in [6.07, 6.45) is -4.86. The molecule has 0 atom stereocenters. The quantitative estimate of drug-likeness (QED) is 0.861. The molecule has 1 N–H and O–H groups in total. The zero-order chi connectivity index (χ0) is 17.5. The second kappa shape index (κ2) is 5.69. The van der Waals surface area contributed by atoms with Gasteiger partial charge < -0.3 is 5.11 Å². The number of hydrogen-bond donors (Lipinski definition) is 1. The van der Waals surface area contributed by atoms with Gasteiger partial charge in [0, 0.05) is 30.1 Å². The second-order valence-electron chi connectivity index (χ2n) is 4.74. The van der Waals surface area contributed by atoms with Gasteiger partial charge in [0.25, 0.3) is 0 Å². The molecule has 5 nitrogen and oxygen atoms in total. The van der Waals surface area contributed by atoms with Crippen LogP contribution in [0.5, 0.6) is 0 Å². The van der Waals surface area contributed by atoms with Gasteiger partial charge in [0.1, 0.15) is 5.69 Å². The number of nitrogens with zero attached hydrogens (tertiary/aromatic N) is 2. The third-order valence-electron chi connectivity index (χ3n) is 3.13. The van der Waals surface area contributed by atoms with Crippen molar-refractivity contribution in [3.05, 3.63) is 40.2 Å². The first-order valence-corrected chi connectivity index (χ1v) is 6.60. The van der Waals surface area contributed by atoms with Crippen molar-refractivity contribution in [2.75, 3.05) is 0 Å². The largest absolute Gasteiger partial charge is 0.478 e. The number of carbonyl (C=O) groups is 2. The highest BCUT2D eigenvalue weighted by atomic mass is 35.5. The van der Waals surface area contributed by atoms with Crippen molar-refractivity contribution in [2.45, 2.75) is 13.1 Å². The van der Waals surface area contributed by atoms with E-state index in [0.29, 0.717) is 0 Å². The lowest BCUT2D eigenvalue weighted by Gasteiger charge is -2.11. The molecule has 1 aromatic heterocycles. The fourth-order valence-electron chi connectivity index (χ4n) is 2.29. The maximum absolute atomic E-state index is 13.3. The van der Waals surface area contributed by atoms with Gasteiger partial charge in [0.2, 0.25) is 0 Å². The molecule has 0 bridgehead atoms. The Morgan fingerprint density at radius 2 is 1.91 bits per heavy atom. The summed E-state index contributed by atoms with van der Waals surface area (Å²) in [4.78, 5) is 23.1. The van der Waals surface area contributed by atoms with E-state index in [9.17, 15) is 27.9 Å². The lowest BCUT2D eigenvalue weighted by molar-refractivity contribution is -0.141. The Bertz CT molecular complexity index is 812. The number of aromatic nitrogens is 2. The second-order valence-corrected chi connectivity index (χ2v) is 5.18. The number of halogens is 4. The van der Waals surface area contributed by atoms with Crippen molar-refractivity contribution in [2.24, 2.45) is 7.05 Å². The Labute approximate surface area is 133 Å². The van der Waals surface area contributed by atoms with Crippen molar-refractivity contribution >= 4 is 23.4 Å². The van der Waals surface area contributed by atoms with Gasteiger partial charge in [-0.3, -0.25) is 9.48 Å². The van der Waals surface area contributed by atoms with Gasteiger partial charge in [-0.15, -0.1) is 0 Å². The van der Waals surface area contributed by atoms with Gasteiger partial charge in [0.15, 0.2) is 11.5 Å². The van der Waals surface area contributed by atoms with Crippen LogP contribution in [0, 0.1) is 0 Å². The smallest absolute Gasteiger partial charge is 0.435 e. The lowest BCUT2D eigenvalue weighted by Crippen LogP contribution is -2.10. The Morgan fingerprint density at radius 3 is 2.39 bits per heavy atom. The molecule has 23 heavy (non-hydrogen) atoms. The van der Waals surface area contributed by atoms with E-state index < -0.39 is 34.7 Å². The summed E-state index contributed by atoms with van der Waals surface area (Å²) in [5.41, 5.74) is -2.99. The van der Waals surface area contributed by atoms with Crippen LogP contribution in [0.25, 0.3) is 11.1 Å². The van der Waals surface area contributed by atoms with E-state index in [4.69, 9.17) is 11.6 Å². The van der Waals surface area contributed by atoms with Crippen molar-refractivity contribution in [1.29, 1.82) is 0 Å². The van der Waals surface area contributed by atoms with Crippen LogP contribution in [-0.2, 0) is 13.2 Å². The Kier molecular flexibility index (Phi) is 4.21. The summed E-state index contributed by atoms with van der Waals surface area (Å²) in [5.74, 6) is -2.12. The van der Waals surface area contributed by atoms with Crippen LogP contribution in [0.2, 0.25) is 5.02 Å². The average Bonchev–Trinajstić information content (AvgIpc) is 2.75. The first-order chi connectivity index (χ1) is 10.5. The number of hydrogen-bond acceptors (Lipinski definition) is 3. The molecule has 0 radical (unpaired) electrons.